The number of likely N-dealkylation sites (tertiary alicyclic amines) is 1. The Kier molecular flexibility index (Phi) is 13.9. The van der Waals surface area contributed by atoms with Crippen molar-refractivity contribution in [2.75, 3.05) is 85.6 Å². The number of carbonyl (C=O) groups is 3. The van der Waals surface area contributed by atoms with Crippen molar-refractivity contribution in [2.24, 2.45) is 16.7 Å². The van der Waals surface area contributed by atoms with Crippen LogP contribution in [0.2, 0.25) is 0 Å². The number of aromatic nitrogens is 2. The minimum Gasteiger partial charge on any atom is -0.464 e. The summed E-state index contributed by atoms with van der Waals surface area (Å²) in [5.41, 5.74) is 14.0. The first-order chi connectivity index (χ1) is 30.6. The number of aryl methyl sites for hydroxylation is 1. The number of thioether (sulfide) groups is 1. The molecule has 4 aliphatic heterocycles. The van der Waals surface area contributed by atoms with Crippen LogP contribution in [0.25, 0.3) is 27.9 Å². The van der Waals surface area contributed by atoms with Crippen LogP contribution in [0, 0.1) is 16.7 Å². The van der Waals surface area contributed by atoms with Crippen molar-refractivity contribution in [1.29, 1.82) is 0 Å². The molecule has 64 heavy (non-hydrogen) atoms. The molecule has 1 aromatic carbocycles. The van der Waals surface area contributed by atoms with Crippen molar-refractivity contribution >= 4 is 51.7 Å². The van der Waals surface area contributed by atoms with E-state index < -0.39 is 11.5 Å². The van der Waals surface area contributed by atoms with Crippen molar-refractivity contribution in [3.05, 3.63) is 52.7 Å². The Balaban J connectivity index is 1.14. The molecule has 0 spiro atoms. The summed E-state index contributed by atoms with van der Waals surface area (Å²) in [4.78, 5) is 54.7. The van der Waals surface area contributed by atoms with E-state index in [0.717, 1.165) is 123 Å². The molecule has 3 N–H and O–H groups in total. The molecule has 4 fully saturated rings. The average molecular weight is 898 g/mol. The fraction of sp³-hybridized carbons (Fsp3) is 0.633. The number of nitrogens with one attached hydrogen (secondary N) is 3. The molecule has 14 nitrogen and oxygen atoms in total. The van der Waals surface area contributed by atoms with Crippen molar-refractivity contribution in [3.63, 3.8) is 0 Å². The maximum atomic E-state index is 13.8. The second-order valence-electron chi connectivity index (χ2n) is 20.0. The number of fused-ring (bicyclic) bond motifs is 2. The molecule has 8 rings (SSSR count). The molecule has 15 heteroatoms. The van der Waals surface area contributed by atoms with Crippen molar-refractivity contribution in [3.8, 4) is 11.3 Å². The third-order valence-electron chi connectivity index (χ3n) is 14.8. The summed E-state index contributed by atoms with van der Waals surface area (Å²) in [5.74, 6) is 0.164. The number of benzene rings is 1. The Morgan fingerprint density at radius 3 is 2.52 bits per heavy atom. The van der Waals surface area contributed by atoms with E-state index in [2.05, 4.69) is 119 Å². The number of hydrogen-bond donors (Lipinski definition) is 3. The monoisotopic (exact) mass is 898 g/mol. The predicted molar refractivity (Wildman–Crippen MR) is 256 cm³/mol. The zero-order chi connectivity index (χ0) is 45.5. The van der Waals surface area contributed by atoms with E-state index in [0.29, 0.717) is 18.8 Å². The number of methoxy groups -OCH3 is 1. The third kappa shape index (κ3) is 9.22. The lowest BCUT2D eigenvalue weighted by molar-refractivity contribution is -0.150. The highest BCUT2D eigenvalue weighted by Gasteiger charge is 2.57. The zero-order valence-corrected chi connectivity index (χ0v) is 40.4. The van der Waals surface area contributed by atoms with Crippen LogP contribution in [0.5, 0.6) is 0 Å². The van der Waals surface area contributed by atoms with E-state index in [9.17, 15) is 14.4 Å². The van der Waals surface area contributed by atoms with Gasteiger partial charge in [-0.3, -0.25) is 24.8 Å². The normalized spacial score (nSPS) is 25.2. The number of piperazine rings is 1. The lowest BCUT2D eigenvalue weighted by Crippen LogP contribution is -2.56. The standard InChI is InChI=1S/C49H71N9O5S/c1-10-58-41-14-13-33(42-28-64-43(56(42)8)24-40(31(2)59)52-47(61)49-16-15-34(49)27-55(7)29-49)22-36(41)38(25-48(4,5)30-63-46(60)39-12-11-17-51-53-39)45(58)37-23-35(26-50-44(37)32(3)62-9)57-20-18-54(6)19-21-57/h13-14,22-23,26,28,32,34,39-40,43,51,53H,10-12,15-21,24-25,27,29-30H2,1-9H3,(H,52,61)/t32-,34+,39-,40?,43?,49+/m0/s1. The van der Waals surface area contributed by atoms with Gasteiger partial charge in [0, 0.05) is 94.8 Å². The number of hydrazine groups is 1. The quantitative estimate of drug-likeness (QED) is 0.153. The van der Waals surface area contributed by atoms with Crippen LogP contribution in [-0.4, -0.2) is 140 Å². The molecule has 1 aliphatic carbocycles. The van der Waals surface area contributed by atoms with Crippen molar-refractivity contribution < 1.29 is 23.9 Å². The van der Waals surface area contributed by atoms with E-state index in [1.54, 1.807) is 25.8 Å². The Hall–Kier alpha value is -3.99. The number of likely N-dealkylation sites (N-methyl/N-ethyl adjacent to an activating group) is 1. The summed E-state index contributed by atoms with van der Waals surface area (Å²) in [6.45, 7) is 17.6. The van der Waals surface area contributed by atoms with Gasteiger partial charge in [-0.15, -0.1) is 11.8 Å². The van der Waals surface area contributed by atoms with E-state index in [4.69, 9.17) is 14.5 Å². The average Bonchev–Trinajstić information content (AvgIpc) is 3.88. The second kappa shape index (κ2) is 19.1. The molecule has 0 bridgehead atoms. The molecule has 3 aromatic rings. The SMILES string of the molecule is CCn1c(-c2cc(N3CCN(C)CC3)cnc2[C@H](C)OC)c(CC(C)(C)COC(=O)[C@@H]2CCCNN2)c2cc(C3=CSC(CC(NC(=O)[C@@]45CC[C@@H]4CN(C)C5)C(C)=O)N3C)ccc21. The van der Waals surface area contributed by atoms with Crippen LogP contribution in [0.15, 0.2) is 35.9 Å². The first kappa shape index (κ1) is 46.5. The van der Waals surface area contributed by atoms with Crippen LogP contribution in [0.3, 0.4) is 0 Å². The van der Waals surface area contributed by atoms with Gasteiger partial charge >= 0.3 is 5.97 Å². The number of amides is 1. The Morgan fingerprint density at radius 2 is 1.86 bits per heavy atom. The third-order valence-corrected chi connectivity index (χ3v) is 16.0. The zero-order valence-electron chi connectivity index (χ0n) is 39.6. The van der Waals surface area contributed by atoms with E-state index in [1.165, 1.54) is 5.56 Å². The van der Waals surface area contributed by atoms with Crippen LogP contribution in [0.1, 0.15) is 89.6 Å². The fourth-order valence-electron chi connectivity index (χ4n) is 10.7. The number of ether oxygens (including phenoxy) is 2. The maximum absolute atomic E-state index is 13.8. The minimum atomic E-state index is -0.558. The largest absolute Gasteiger partial charge is 0.464 e. The van der Waals surface area contributed by atoms with Crippen molar-refractivity contribution in [2.45, 2.75) is 103 Å². The molecule has 6 heterocycles. The van der Waals surface area contributed by atoms with Gasteiger partial charge in [-0.05, 0) is 108 Å². The number of esters is 1. The first-order valence-corrected chi connectivity index (χ1v) is 24.4. The molecule has 348 valence electrons. The lowest BCUT2D eigenvalue weighted by atomic mass is 9.61. The molecule has 2 unspecified atom stereocenters. The van der Waals surface area contributed by atoms with Gasteiger partial charge in [-0.1, -0.05) is 19.9 Å². The van der Waals surface area contributed by atoms with Gasteiger partial charge in [0.05, 0.1) is 58.5 Å². The highest BCUT2D eigenvalue weighted by Crippen LogP contribution is 2.52. The number of pyridine rings is 1. The molecule has 6 atom stereocenters. The number of rotatable bonds is 16. The Morgan fingerprint density at radius 1 is 1.08 bits per heavy atom. The lowest BCUT2D eigenvalue weighted by Gasteiger charge is -2.43. The fourth-order valence-corrected chi connectivity index (χ4v) is 11.9. The number of hydrogen-bond acceptors (Lipinski definition) is 13. The molecule has 5 aliphatic rings. The number of carbonyl (C=O) groups excluding carboxylic acids is 3. The minimum absolute atomic E-state index is 0.0118. The summed E-state index contributed by atoms with van der Waals surface area (Å²) < 4.78 is 14.5. The van der Waals surface area contributed by atoms with Gasteiger partial charge in [0.1, 0.15) is 6.04 Å². The number of nitrogens with zero attached hydrogens (tertiary/aromatic N) is 6. The molecule has 0 radical (unpaired) electrons. The molecular weight excluding hydrogens is 827 g/mol. The van der Waals surface area contributed by atoms with E-state index in [-0.39, 0.29) is 47.2 Å². The van der Waals surface area contributed by atoms with Gasteiger partial charge < -0.3 is 39.0 Å². The van der Waals surface area contributed by atoms with Gasteiger partial charge in [0.2, 0.25) is 5.91 Å². The predicted octanol–water partition coefficient (Wildman–Crippen LogP) is 5.66. The Labute approximate surface area is 384 Å². The molecule has 1 amide bonds. The summed E-state index contributed by atoms with van der Waals surface area (Å²) in [6, 6.07) is 8.16. The van der Waals surface area contributed by atoms with Gasteiger partial charge in [0.25, 0.3) is 0 Å². The number of ketones is 1. The highest BCUT2D eigenvalue weighted by molar-refractivity contribution is 8.03. The number of Topliss-reactive ketones (excluding diaryl/α,β-unsaturated/α-hetero) is 1. The molecular formula is C49H71N9O5S. The Bertz CT molecular complexity index is 2250. The van der Waals surface area contributed by atoms with Crippen LogP contribution in [0.4, 0.5) is 5.69 Å². The van der Waals surface area contributed by atoms with E-state index >= 15 is 0 Å². The molecule has 3 saturated heterocycles. The van der Waals surface area contributed by atoms with Crippen LogP contribution >= 0.6 is 11.8 Å². The van der Waals surface area contributed by atoms with Gasteiger partial charge in [-0.2, -0.15) is 0 Å². The highest BCUT2D eigenvalue weighted by atomic mass is 32.2. The number of anilines is 1. The topological polar surface area (TPSA) is 137 Å². The van der Waals surface area contributed by atoms with Crippen LogP contribution < -0.4 is 21.1 Å². The summed E-state index contributed by atoms with van der Waals surface area (Å²) in [6.07, 6.45) is 6.52. The maximum Gasteiger partial charge on any atom is 0.324 e. The summed E-state index contributed by atoms with van der Waals surface area (Å²) in [7, 11) is 8.09. The van der Waals surface area contributed by atoms with Crippen molar-refractivity contribution in [1.82, 2.24) is 40.4 Å². The summed E-state index contributed by atoms with van der Waals surface area (Å²) >= 11 is 1.70. The second-order valence-corrected chi connectivity index (χ2v) is 21.0. The van der Waals surface area contributed by atoms with E-state index in [1.807, 2.05) is 6.20 Å². The smallest absolute Gasteiger partial charge is 0.324 e. The van der Waals surface area contributed by atoms with Gasteiger partial charge in [-0.25, -0.2) is 5.43 Å². The molecule has 1 saturated carbocycles. The molecule has 2 aromatic heterocycles. The van der Waals surface area contributed by atoms with Gasteiger partial charge in [0.15, 0.2) is 5.78 Å². The summed E-state index contributed by atoms with van der Waals surface area (Å²) in [5, 5.41) is 6.54. The first-order valence-electron chi connectivity index (χ1n) is 23.5. The van der Waals surface area contributed by atoms with Crippen LogP contribution in [-0.2, 0) is 36.8 Å².